The van der Waals surface area contributed by atoms with Crippen molar-refractivity contribution in [2.24, 2.45) is 0 Å². The standard InChI is InChI=1S/C18H19BrN2O2/c1-13(15-7-3-2-4-8-15)21-18(23)12-20-17(22)11-14-6-5-9-16(19)10-14/h2-10,13H,11-12H2,1H3,(H,20,22)(H,21,23). The molecule has 4 nitrogen and oxygen atoms in total. The smallest absolute Gasteiger partial charge is 0.239 e. The third-order valence-electron chi connectivity index (χ3n) is 3.38. The molecule has 0 aliphatic rings. The van der Waals surface area contributed by atoms with Gasteiger partial charge in [0.05, 0.1) is 19.0 Å². The molecule has 2 rings (SSSR count). The Morgan fingerprint density at radius 3 is 2.48 bits per heavy atom. The molecule has 0 radical (unpaired) electrons. The Labute approximate surface area is 144 Å². The molecule has 120 valence electrons. The zero-order valence-electron chi connectivity index (χ0n) is 12.9. The Balaban J connectivity index is 1.76. The SMILES string of the molecule is CC(NC(=O)CNC(=O)Cc1cccc(Br)c1)c1ccccc1. The van der Waals surface area contributed by atoms with Gasteiger partial charge < -0.3 is 10.6 Å². The van der Waals surface area contributed by atoms with Crippen molar-refractivity contribution in [3.05, 3.63) is 70.2 Å². The van der Waals surface area contributed by atoms with Gasteiger partial charge in [0.2, 0.25) is 11.8 Å². The molecule has 0 fully saturated rings. The molecule has 0 bridgehead atoms. The molecule has 0 spiro atoms. The normalized spacial score (nSPS) is 11.6. The number of halogens is 1. The Kier molecular flexibility index (Phi) is 6.35. The highest BCUT2D eigenvalue weighted by atomic mass is 79.9. The summed E-state index contributed by atoms with van der Waals surface area (Å²) in [7, 11) is 0. The predicted molar refractivity (Wildman–Crippen MR) is 93.9 cm³/mol. The Morgan fingerprint density at radius 1 is 1.04 bits per heavy atom. The summed E-state index contributed by atoms with van der Waals surface area (Å²) in [5, 5.41) is 5.50. The summed E-state index contributed by atoms with van der Waals surface area (Å²) in [6.45, 7) is 1.89. The van der Waals surface area contributed by atoms with Gasteiger partial charge in [0, 0.05) is 4.47 Å². The van der Waals surface area contributed by atoms with Crippen LogP contribution < -0.4 is 10.6 Å². The number of benzene rings is 2. The number of hydrogen-bond acceptors (Lipinski definition) is 2. The molecule has 2 aromatic carbocycles. The van der Waals surface area contributed by atoms with Crippen LogP contribution in [0, 0.1) is 0 Å². The molecule has 2 aromatic rings. The van der Waals surface area contributed by atoms with Crippen molar-refractivity contribution in [3.63, 3.8) is 0 Å². The van der Waals surface area contributed by atoms with Crippen LogP contribution in [0.4, 0.5) is 0 Å². The van der Waals surface area contributed by atoms with E-state index >= 15 is 0 Å². The zero-order valence-corrected chi connectivity index (χ0v) is 14.5. The first-order chi connectivity index (χ1) is 11.0. The summed E-state index contributed by atoms with van der Waals surface area (Å²) in [6, 6.07) is 17.1. The highest BCUT2D eigenvalue weighted by Gasteiger charge is 2.10. The number of carbonyl (C=O) groups excluding carboxylic acids is 2. The Bertz CT molecular complexity index is 674. The van der Waals surface area contributed by atoms with Crippen LogP contribution in [0.25, 0.3) is 0 Å². The minimum atomic E-state index is -0.205. The van der Waals surface area contributed by atoms with Crippen LogP contribution in [0.1, 0.15) is 24.1 Å². The van der Waals surface area contributed by atoms with E-state index in [0.29, 0.717) is 0 Å². The van der Waals surface area contributed by atoms with Crippen LogP contribution in [0.15, 0.2) is 59.1 Å². The number of rotatable bonds is 6. The fourth-order valence-corrected chi connectivity index (χ4v) is 2.64. The van der Waals surface area contributed by atoms with E-state index in [2.05, 4.69) is 26.6 Å². The van der Waals surface area contributed by atoms with E-state index < -0.39 is 0 Å². The number of amides is 2. The molecule has 0 aliphatic heterocycles. The lowest BCUT2D eigenvalue weighted by Gasteiger charge is -2.14. The fourth-order valence-electron chi connectivity index (χ4n) is 2.19. The fraction of sp³-hybridized carbons (Fsp3) is 0.222. The van der Waals surface area contributed by atoms with Gasteiger partial charge in [-0.2, -0.15) is 0 Å². The number of carbonyl (C=O) groups is 2. The van der Waals surface area contributed by atoms with Crippen molar-refractivity contribution in [2.75, 3.05) is 6.54 Å². The van der Waals surface area contributed by atoms with E-state index in [1.54, 1.807) is 0 Å². The lowest BCUT2D eigenvalue weighted by Crippen LogP contribution is -2.38. The van der Waals surface area contributed by atoms with Gasteiger partial charge in [-0.3, -0.25) is 9.59 Å². The van der Waals surface area contributed by atoms with E-state index in [-0.39, 0.29) is 30.8 Å². The molecule has 0 aliphatic carbocycles. The molecule has 1 unspecified atom stereocenters. The van der Waals surface area contributed by atoms with Gasteiger partial charge in [-0.05, 0) is 30.2 Å². The number of hydrogen-bond donors (Lipinski definition) is 2. The maximum absolute atomic E-state index is 11.9. The maximum Gasteiger partial charge on any atom is 0.239 e. The first-order valence-electron chi connectivity index (χ1n) is 7.40. The lowest BCUT2D eigenvalue weighted by atomic mass is 10.1. The second-order valence-electron chi connectivity index (χ2n) is 5.28. The van der Waals surface area contributed by atoms with Gasteiger partial charge in [-0.25, -0.2) is 0 Å². The third kappa shape index (κ3) is 5.87. The van der Waals surface area contributed by atoms with Crippen molar-refractivity contribution in [1.29, 1.82) is 0 Å². The second kappa shape index (κ2) is 8.48. The minimum Gasteiger partial charge on any atom is -0.348 e. The molecular formula is C18H19BrN2O2. The summed E-state index contributed by atoms with van der Waals surface area (Å²) >= 11 is 3.37. The lowest BCUT2D eigenvalue weighted by molar-refractivity contribution is -0.126. The van der Waals surface area contributed by atoms with Crippen LogP contribution in [-0.4, -0.2) is 18.4 Å². The topological polar surface area (TPSA) is 58.2 Å². The molecule has 1 atom stereocenters. The highest BCUT2D eigenvalue weighted by Crippen LogP contribution is 2.12. The van der Waals surface area contributed by atoms with E-state index in [4.69, 9.17) is 0 Å². The average Bonchev–Trinajstić information content (AvgIpc) is 2.54. The van der Waals surface area contributed by atoms with Gasteiger partial charge in [-0.15, -0.1) is 0 Å². The zero-order chi connectivity index (χ0) is 16.7. The molecular weight excluding hydrogens is 356 g/mol. The van der Waals surface area contributed by atoms with Crippen LogP contribution in [0.2, 0.25) is 0 Å². The monoisotopic (exact) mass is 374 g/mol. The van der Waals surface area contributed by atoms with Crippen molar-refractivity contribution in [1.82, 2.24) is 10.6 Å². The first-order valence-corrected chi connectivity index (χ1v) is 8.19. The average molecular weight is 375 g/mol. The Hall–Kier alpha value is -2.14. The summed E-state index contributed by atoms with van der Waals surface area (Å²) in [5.74, 6) is -0.380. The first kappa shape index (κ1) is 17.2. The third-order valence-corrected chi connectivity index (χ3v) is 3.87. The van der Waals surface area contributed by atoms with Crippen LogP contribution >= 0.6 is 15.9 Å². The van der Waals surface area contributed by atoms with E-state index in [1.165, 1.54) is 0 Å². The largest absolute Gasteiger partial charge is 0.348 e. The van der Waals surface area contributed by atoms with Gasteiger partial charge in [0.15, 0.2) is 0 Å². The van der Waals surface area contributed by atoms with Crippen LogP contribution in [0.3, 0.4) is 0 Å². The van der Waals surface area contributed by atoms with Gasteiger partial charge in [0.1, 0.15) is 0 Å². The van der Waals surface area contributed by atoms with Gasteiger partial charge in [-0.1, -0.05) is 58.4 Å². The second-order valence-corrected chi connectivity index (χ2v) is 6.20. The van der Waals surface area contributed by atoms with Crippen LogP contribution in [0.5, 0.6) is 0 Å². The molecule has 0 heterocycles. The molecule has 5 heteroatoms. The molecule has 2 amide bonds. The van der Waals surface area contributed by atoms with Gasteiger partial charge in [0.25, 0.3) is 0 Å². The predicted octanol–water partition coefficient (Wildman–Crippen LogP) is 2.99. The van der Waals surface area contributed by atoms with Gasteiger partial charge >= 0.3 is 0 Å². The minimum absolute atomic E-state index is 0.0238. The van der Waals surface area contributed by atoms with Crippen molar-refractivity contribution >= 4 is 27.7 Å². The van der Waals surface area contributed by atoms with Crippen molar-refractivity contribution in [2.45, 2.75) is 19.4 Å². The van der Waals surface area contributed by atoms with Crippen molar-refractivity contribution in [3.8, 4) is 0 Å². The van der Waals surface area contributed by atoms with E-state index in [9.17, 15) is 9.59 Å². The Morgan fingerprint density at radius 2 is 1.78 bits per heavy atom. The maximum atomic E-state index is 11.9. The quantitative estimate of drug-likeness (QED) is 0.816. The summed E-state index contributed by atoms with van der Waals surface area (Å²) in [4.78, 5) is 23.8. The highest BCUT2D eigenvalue weighted by molar-refractivity contribution is 9.10. The molecule has 0 saturated heterocycles. The molecule has 2 N–H and O–H groups in total. The molecule has 0 aromatic heterocycles. The number of nitrogens with one attached hydrogen (secondary N) is 2. The van der Waals surface area contributed by atoms with Crippen molar-refractivity contribution < 1.29 is 9.59 Å². The molecule has 0 saturated carbocycles. The summed E-state index contributed by atoms with van der Waals surface area (Å²) in [6.07, 6.45) is 0.251. The summed E-state index contributed by atoms with van der Waals surface area (Å²) < 4.78 is 0.928. The van der Waals surface area contributed by atoms with E-state index in [0.717, 1.165) is 15.6 Å². The summed E-state index contributed by atoms with van der Waals surface area (Å²) in [5.41, 5.74) is 1.93. The van der Waals surface area contributed by atoms with Crippen LogP contribution in [-0.2, 0) is 16.0 Å². The van der Waals surface area contributed by atoms with E-state index in [1.807, 2.05) is 61.5 Å². The molecule has 23 heavy (non-hydrogen) atoms.